The molecule has 0 saturated carbocycles. The minimum absolute atomic E-state index is 0.00269. The summed E-state index contributed by atoms with van der Waals surface area (Å²) in [6, 6.07) is 0. The van der Waals surface area contributed by atoms with E-state index in [1.54, 1.807) is 26.7 Å². The lowest BCUT2D eigenvalue weighted by Crippen LogP contribution is -1.96. The molecule has 0 heterocycles. The zero-order valence-corrected chi connectivity index (χ0v) is 7.32. The predicted molar refractivity (Wildman–Crippen MR) is 43.9 cm³/mol. The standard InChI is InChI=1S/C9H12O2/c1-6(5-10)7(2)8(3)9(4)11/h1-4H3/b8-7-. The third-order valence-electron chi connectivity index (χ3n) is 1.81. The first kappa shape index (κ1) is 9.86. The second-order valence-electron chi connectivity index (χ2n) is 2.53. The van der Waals surface area contributed by atoms with Gasteiger partial charge in [0.15, 0.2) is 5.78 Å². The molecule has 0 aromatic heterocycles. The SMILES string of the molecule is CC(=O)/C(C)=C(/C)C(C)=C=O. The maximum Gasteiger partial charge on any atom is 0.155 e. The van der Waals surface area contributed by atoms with Crippen molar-refractivity contribution in [2.24, 2.45) is 0 Å². The molecule has 0 atom stereocenters. The van der Waals surface area contributed by atoms with Gasteiger partial charge in [-0.3, -0.25) is 4.79 Å². The van der Waals surface area contributed by atoms with Crippen LogP contribution >= 0.6 is 0 Å². The minimum atomic E-state index is -0.00269. The Balaban J connectivity index is 4.97. The molecule has 0 unspecified atom stereocenters. The Morgan fingerprint density at radius 1 is 1.00 bits per heavy atom. The zero-order valence-electron chi connectivity index (χ0n) is 7.32. The summed E-state index contributed by atoms with van der Waals surface area (Å²) in [5, 5.41) is 0. The molecule has 0 saturated heterocycles. The molecule has 0 bridgehead atoms. The highest BCUT2D eigenvalue weighted by atomic mass is 16.1. The van der Waals surface area contributed by atoms with Gasteiger partial charge in [-0.2, -0.15) is 0 Å². The zero-order chi connectivity index (χ0) is 9.02. The summed E-state index contributed by atoms with van der Waals surface area (Å²) in [6.07, 6.45) is 0. The van der Waals surface area contributed by atoms with Crippen LogP contribution in [0.4, 0.5) is 0 Å². The van der Waals surface area contributed by atoms with Crippen molar-refractivity contribution in [3.63, 3.8) is 0 Å². The van der Waals surface area contributed by atoms with Crippen LogP contribution in [0.2, 0.25) is 0 Å². The molecule has 2 nitrogen and oxygen atoms in total. The molecular weight excluding hydrogens is 140 g/mol. The molecule has 0 rings (SSSR count). The molecule has 0 aliphatic carbocycles. The van der Waals surface area contributed by atoms with Gasteiger partial charge in [0.1, 0.15) is 5.94 Å². The molecule has 0 N–H and O–H groups in total. The fraction of sp³-hybridized carbons (Fsp3) is 0.444. The molecule has 0 radical (unpaired) electrons. The number of Topliss-reactive ketones (excluding diaryl/α,β-unsaturated/α-hetero) is 1. The Hall–Kier alpha value is -1.14. The molecule has 0 aromatic carbocycles. The quantitative estimate of drug-likeness (QED) is 0.343. The molecule has 0 fully saturated rings. The third-order valence-corrected chi connectivity index (χ3v) is 1.81. The average molecular weight is 152 g/mol. The lowest BCUT2D eigenvalue weighted by molar-refractivity contribution is -0.113. The number of rotatable bonds is 2. The van der Waals surface area contributed by atoms with Crippen molar-refractivity contribution in [3.8, 4) is 0 Å². The first-order valence-corrected chi connectivity index (χ1v) is 3.41. The van der Waals surface area contributed by atoms with Gasteiger partial charge in [0.2, 0.25) is 0 Å². The Kier molecular flexibility index (Phi) is 3.49. The molecule has 11 heavy (non-hydrogen) atoms. The van der Waals surface area contributed by atoms with Gasteiger partial charge in [0.25, 0.3) is 0 Å². The van der Waals surface area contributed by atoms with Gasteiger partial charge in [-0.05, 0) is 38.8 Å². The Morgan fingerprint density at radius 3 is 1.73 bits per heavy atom. The molecule has 0 amide bonds. The van der Waals surface area contributed by atoms with E-state index in [0.717, 1.165) is 5.57 Å². The maximum absolute atomic E-state index is 10.8. The lowest BCUT2D eigenvalue weighted by Gasteiger charge is -2.00. The topological polar surface area (TPSA) is 34.1 Å². The number of allylic oxidation sites excluding steroid dienone is 3. The van der Waals surface area contributed by atoms with Crippen LogP contribution in [0.5, 0.6) is 0 Å². The van der Waals surface area contributed by atoms with E-state index < -0.39 is 0 Å². The summed E-state index contributed by atoms with van der Waals surface area (Å²) >= 11 is 0. The van der Waals surface area contributed by atoms with Gasteiger partial charge < -0.3 is 0 Å². The smallest absolute Gasteiger partial charge is 0.155 e. The van der Waals surface area contributed by atoms with E-state index in [4.69, 9.17) is 0 Å². The summed E-state index contributed by atoms with van der Waals surface area (Å²) in [5.41, 5.74) is 1.86. The van der Waals surface area contributed by atoms with E-state index in [1.165, 1.54) is 6.92 Å². The van der Waals surface area contributed by atoms with Crippen LogP contribution in [-0.2, 0) is 9.59 Å². The van der Waals surface area contributed by atoms with E-state index >= 15 is 0 Å². The van der Waals surface area contributed by atoms with Gasteiger partial charge in [-0.15, -0.1) is 0 Å². The second-order valence-corrected chi connectivity index (χ2v) is 2.53. The Labute approximate surface area is 66.6 Å². The molecule has 2 heteroatoms. The van der Waals surface area contributed by atoms with Crippen LogP contribution in [-0.4, -0.2) is 11.7 Å². The summed E-state index contributed by atoms with van der Waals surface area (Å²) in [5.74, 6) is 1.75. The van der Waals surface area contributed by atoms with Gasteiger partial charge in [-0.25, -0.2) is 4.79 Å². The second kappa shape index (κ2) is 3.89. The molecular formula is C9H12O2. The van der Waals surface area contributed by atoms with Crippen LogP contribution in [0.1, 0.15) is 27.7 Å². The number of carbonyl (C=O) groups is 1. The van der Waals surface area contributed by atoms with Crippen LogP contribution in [0.3, 0.4) is 0 Å². The van der Waals surface area contributed by atoms with E-state index in [-0.39, 0.29) is 5.78 Å². The van der Waals surface area contributed by atoms with Crippen LogP contribution < -0.4 is 0 Å². The molecule has 0 aliphatic heterocycles. The molecule has 0 spiro atoms. The third kappa shape index (κ3) is 2.52. The lowest BCUT2D eigenvalue weighted by atomic mass is 10.0. The fourth-order valence-corrected chi connectivity index (χ4v) is 0.622. The van der Waals surface area contributed by atoms with Crippen LogP contribution in [0.15, 0.2) is 16.7 Å². The summed E-state index contributed by atoms with van der Waals surface area (Å²) in [6.45, 7) is 6.58. The van der Waals surface area contributed by atoms with Crippen molar-refractivity contribution in [2.45, 2.75) is 27.7 Å². The largest absolute Gasteiger partial charge is 0.295 e. The van der Waals surface area contributed by atoms with Gasteiger partial charge in [-0.1, -0.05) is 0 Å². The first-order chi connectivity index (χ1) is 5.00. The van der Waals surface area contributed by atoms with Crippen molar-refractivity contribution < 1.29 is 9.59 Å². The first-order valence-electron chi connectivity index (χ1n) is 3.41. The number of carbonyl (C=O) groups excluding carboxylic acids is 2. The fourth-order valence-electron chi connectivity index (χ4n) is 0.622. The van der Waals surface area contributed by atoms with Crippen molar-refractivity contribution in [1.82, 2.24) is 0 Å². The van der Waals surface area contributed by atoms with Gasteiger partial charge in [0.05, 0.1) is 0 Å². The van der Waals surface area contributed by atoms with E-state index in [9.17, 15) is 9.59 Å². The highest BCUT2D eigenvalue weighted by Gasteiger charge is 2.03. The summed E-state index contributed by atoms with van der Waals surface area (Å²) in [7, 11) is 0. The van der Waals surface area contributed by atoms with E-state index in [0.29, 0.717) is 11.1 Å². The molecule has 0 aliphatic rings. The predicted octanol–water partition coefficient (Wildman–Crippen LogP) is 1.69. The molecule has 60 valence electrons. The van der Waals surface area contributed by atoms with Crippen LogP contribution in [0, 0.1) is 0 Å². The Morgan fingerprint density at radius 2 is 1.45 bits per heavy atom. The Bertz CT molecular complexity index is 253. The molecule has 0 aromatic rings. The van der Waals surface area contributed by atoms with E-state index in [1.807, 2.05) is 0 Å². The monoisotopic (exact) mass is 152 g/mol. The van der Waals surface area contributed by atoms with Crippen molar-refractivity contribution in [3.05, 3.63) is 16.7 Å². The maximum atomic E-state index is 10.8. The highest BCUT2D eigenvalue weighted by Crippen LogP contribution is 2.11. The number of hydrogen-bond acceptors (Lipinski definition) is 2. The summed E-state index contributed by atoms with van der Waals surface area (Å²) < 4.78 is 0. The number of hydrogen-bond donors (Lipinski definition) is 0. The minimum Gasteiger partial charge on any atom is -0.295 e. The van der Waals surface area contributed by atoms with Crippen molar-refractivity contribution >= 4 is 11.7 Å². The van der Waals surface area contributed by atoms with Gasteiger partial charge >= 0.3 is 0 Å². The van der Waals surface area contributed by atoms with Gasteiger partial charge in [0, 0.05) is 5.57 Å². The van der Waals surface area contributed by atoms with Crippen molar-refractivity contribution in [2.75, 3.05) is 0 Å². The highest BCUT2D eigenvalue weighted by molar-refractivity contribution is 5.94. The summed E-state index contributed by atoms with van der Waals surface area (Å²) in [4.78, 5) is 21.0. The van der Waals surface area contributed by atoms with Crippen molar-refractivity contribution in [1.29, 1.82) is 0 Å². The normalized spacial score (nSPS) is 11.6. The number of ketones is 1. The van der Waals surface area contributed by atoms with Crippen LogP contribution in [0.25, 0.3) is 0 Å². The van der Waals surface area contributed by atoms with E-state index in [2.05, 4.69) is 0 Å². The average Bonchev–Trinajstić information content (AvgIpc) is 2.00.